The van der Waals surface area contributed by atoms with Crippen LogP contribution in [0.25, 0.3) is 0 Å². The number of benzene rings is 1. The lowest BCUT2D eigenvalue weighted by atomic mass is 9.83. The fraction of sp³-hybridized carbons (Fsp3) is 0.655. The van der Waals surface area contributed by atoms with Gasteiger partial charge < -0.3 is 10.1 Å². The minimum absolute atomic E-state index is 0.500. The molecule has 0 amide bonds. The summed E-state index contributed by atoms with van der Waals surface area (Å²) in [7, 11) is 0. The van der Waals surface area contributed by atoms with Crippen molar-refractivity contribution in [2.24, 2.45) is 5.92 Å². The molecule has 0 radical (unpaired) electrons. The van der Waals surface area contributed by atoms with Crippen molar-refractivity contribution in [1.82, 2.24) is 5.32 Å². The molecule has 0 aromatic heterocycles. The molecule has 0 bridgehead atoms. The van der Waals surface area contributed by atoms with Crippen LogP contribution in [-0.2, 0) is 6.42 Å². The molecule has 4 heteroatoms. The van der Waals surface area contributed by atoms with E-state index in [1.807, 2.05) is 23.5 Å². The van der Waals surface area contributed by atoms with E-state index in [0.29, 0.717) is 17.2 Å². The predicted octanol–water partition coefficient (Wildman–Crippen LogP) is 8.60. The maximum Gasteiger partial charge on any atom is 0.134 e. The Bertz CT molecular complexity index is 842. The summed E-state index contributed by atoms with van der Waals surface area (Å²) < 4.78 is 6.52. The number of aryl methyl sites for hydroxylation is 2. The number of hydrogen-bond donors (Lipinski definition) is 1. The van der Waals surface area contributed by atoms with Gasteiger partial charge in [-0.3, -0.25) is 0 Å². The SMILES string of the molecule is CCCCCc1cc(C)c(C2C=C(C)CCC2)c(OCSCC2=C(C)NC(C(C)C)SC2)c1. The number of nitrogens with one attached hydrogen (secondary N) is 1. The molecule has 1 aliphatic heterocycles. The first-order valence-electron chi connectivity index (χ1n) is 13.0. The van der Waals surface area contributed by atoms with Crippen molar-refractivity contribution in [3.63, 3.8) is 0 Å². The summed E-state index contributed by atoms with van der Waals surface area (Å²) in [6.45, 7) is 13.7. The molecule has 1 aromatic rings. The highest BCUT2D eigenvalue weighted by molar-refractivity contribution is 8.00. The van der Waals surface area contributed by atoms with Gasteiger partial charge in [0, 0.05) is 28.7 Å². The monoisotopic (exact) mass is 487 g/mol. The van der Waals surface area contributed by atoms with Crippen molar-refractivity contribution in [3.8, 4) is 5.75 Å². The van der Waals surface area contributed by atoms with Gasteiger partial charge in [-0.15, -0.1) is 23.5 Å². The topological polar surface area (TPSA) is 21.3 Å². The summed E-state index contributed by atoms with van der Waals surface area (Å²) >= 11 is 3.95. The third-order valence-corrected chi connectivity index (χ3v) is 9.30. The lowest BCUT2D eigenvalue weighted by Crippen LogP contribution is -2.34. The van der Waals surface area contributed by atoms with Crippen LogP contribution in [0.3, 0.4) is 0 Å². The number of hydrogen-bond acceptors (Lipinski definition) is 4. The van der Waals surface area contributed by atoms with Gasteiger partial charge in [0.25, 0.3) is 0 Å². The minimum atomic E-state index is 0.500. The Labute approximate surface area is 211 Å². The summed E-state index contributed by atoms with van der Waals surface area (Å²) in [4.78, 5) is 0. The molecule has 0 saturated heterocycles. The first-order valence-corrected chi connectivity index (χ1v) is 15.2. The van der Waals surface area contributed by atoms with Gasteiger partial charge in [-0.25, -0.2) is 0 Å². The van der Waals surface area contributed by atoms with Crippen LogP contribution < -0.4 is 10.1 Å². The van der Waals surface area contributed by atoms with E-state index >= 15 is 0 Å². The van der Waals surface area contributed by atoms with E-state index in [1.54, 1.807) is 0 Å². The van der Waals surface area contributed by atoms with Gasteiger partial charge in [-0.05, 0) is 81.6 Å². The second kappa shape index (κ2) is 13.2. The molecular weight excluding hydrogens is 442 g/mol. The first kappa shape index (κ1) is 26.6. The Morgan fingerprint density at radius 3 is 2.70 bits per heavy atom. The summed E-state index contributed by atoms with van der Waals surface area (Å²) in [5.74, 6) is 5.19. The maximum absolute atomic E-state index is 6.52. The highest BCUT2D eigenvalue weighted by Crippen LogP contribution is 2.39. The molecular formula is C29H45NOS2. The lowest BCUT2D eigenvalue weighted by Gasteiger charge is -2.30. The summed E-state index contributed by atoms with van der Waals surface area (Å²) in [6, 6.07) is 4.78. The number of ether oxygens (including phenoxy) is 1. The third-order valence-electron chi connectivity index (χ3n) is 6.93. The second-order valence-electron chi connectivity index (χ2n) is 10.3. The highest BCUT2D eigenvalue weighted by atomic mass is 32.2. The smallest absolute Gasteiger partial charge is 0.134 e. The Balaban J connectivity index is 1.68. The van der Waals surface area contributed by atoms with E-state index in [4.69, 9.17) is 4.74 Å². The molecule has 1 N–H and O–H groups in total. The Kier molecular flexibility index (Phi) is 10.6. The van der Waals surface area contributed by atoms with Gasteiger partial charge in [-0.2, -0.15) is 0 Å². The van der Waals surface area contributed by atoms with Crippen LogP contribution in [0.2, 0.25) is 0 Å². The van der Waals surface area contributed by atoms with E-state index < -0.39 is 0 Å². The summed E-state index contributed by atoms with van der Waals surface area (Å²) in [6.07, 6.45) is 11.3. The molecule has 2 unspecified atom stereocenters. The Morgan fingerprint density at radius 1 is 1.18 bits per heavy atom. The van der Waals surface area contributed by atoms with Crippen LogP contribution >= 0.6 is 23.5 Å². The molecule has 1 heterocycles. The molecule has 1 aliphatic carbocycles. The van der Waals surface area contributed by atoms with Crippen molar-refractivity contribution in [2.45, 2.75) is 97.8 Å². The zero-order chi connectivity index (χ0) is 23.8. The van der Waals surface area contributed by atoms with Crippen LogP contribution in [0.15, 0.2) is 35.1 Å². The molecule has 184 valence electrons. The lowest BCUT2D eigenvalue weighted by molar-refractivity contribution is 0.384. The van der Waals surface area contributed by atoms with Gasteiger partial charge in [0.1, 0.15) is 11.7 Å². The van der Waals surface area contributed by atoms with Gasteiger partial charge >= 0.3 is 0 Å². The number of unbranched alkanes of at least 4 members (excludes halogenated alkanes) is 2. The molecule has 3 rings (SSSR count). The largest absolute Gasteiger partial charge is 0.483 e. The normalized spacial score (nSPS) is 21.2. The number of rotatable bonds is 11. The minimum Gasteiger partial charge on any atom is -0.483 e. The molecule has 0 spiro atoms. The van der Waals surface area contributed by atoms with Crippen molar-refractivity contribution in [2.75, 3.05) is 17.4 Å². The van der Waals surface area contributed by atoms with Crippen LogP contribution in [0.5, 0.6) is 5.75 Å². The number of allylic oxidation sites excluding steroid dienone is 3. The van der Waals surface area contributed by atoms with Crippen LogP contribution in [0.1, 0.15) is 95.8 Å². The summed E-state index contributed by atoms with van der Waals surface area (Å²) in [5, 5.41) is 4.25. The Hall–Kier alpha value is -1.00. The average molecular weight is 488 g/mol. The third kappa shape index (κ3) is 7.75. The van der Waals surface area contributed by atoms with Gasteiger partial charge in [0.2, 0.25) is 0 Å². The van der Waals surface area contributed by atoms with E-state index in [2.05, 4.69) is 65.1 Å². The van der Waals surface area contributed by atoms with Crippen molar-refractivity contribution in [3.05, 3.63) is 51.7 Å². The highest BCUT2D eigenvalue weighted by Gasteiger charge is 2.22. The van der Waals surface area contributed by atoms with E-state index in [0.717, 1.165) is 29.6 Å². The zero-order valence-electron chi connectivity index (χ0n) is 21.8. The van der Waals surface area contributed by atoms with Gasteiger partial charge in [-0.1, -0.05) is 51.3 Å². The average Bonchev–Trinajstić information content (AvgIpc) is 2.77. The molecule has 0 saturated carbocycles. The zero-order valence-corrected chi connectivity index (χ0v) is 23.4. The van der Waals surface area contributed by atoms with Crippen molar-refractivity contribution in [1.29, 1.82) is 0 Å². The van der Waals surface area contributed by atoms with Crippen LogP contribution in [-0.4, -0.2) is 22.8 Å². The summed E-state index contributed by atoms with van der Waals surface area (Å²) in [5.41, 5.74) is 8.71. The van der Waals surface area contributed by atoms with Gasteiger partial charge in [0.15, 0.2) is 0 Å². The second-order valence-corrected chi connectivity index (χ2v) is 12.3. The molecule has 33 heavy (non-hydrogen) atoms. The van der Waals surface area contributed by atoms with Gasteiger partial charge in [0.05, 0.1) is 5.37 Å². The molecule has 0 fully saturated rings. The molecule has 2 aliphatic rings. The predicted molar refractivity (Wildman–Crippen MR) is 150 cm³/mol. The first-order chi connectivity index (χ1) is 15.9. The van der Waals surface area contributed by atoms with Crippen LogP contribution in [0, 0.1) is 12.8 Å². The van der Waals surface area contributed by atoms with E-state index in [-0.39, 0.29) is 0 Å². The van der Waals surface area contributed by atoms with E-state index in [9.17, 15) is 0 Å². The quantitative estimate of drug-likeness (QED) is 0.191. The number of thioether (sulfide) groups is 2. The van der Waals surface area contributed by atoms with Crippen LogP contribution in [0.4, 0.5) is 0 Å². The molecule has 2 atom stereocenters. The fourth-order valence-electron chi connectivity index (χ4n) is 4.93. The molecule has 2 nitrogen and oxygen atoms in total. The van der Waals surface area contributed by atoms with Crippen molar-refractivity contribution >= 4 is 23.5 Å². The van der Waals surface area contributed by atoms with E-state index in [1.165, 1.54) is 72.1 Å². The van der Waals surface area contributed by atoms with Crippen molar-refractivity contribution < 1.29 is 4.74 Å². The maximum atomic E-state index is 6.52. The Morgan fingerprint density at radius 2 is 2.00 bits per heavy atom. The standard InChI is InChI=1S/C29H45NOS2/c1-7-8-9-12-24-15-22(5)28(25-13-10-11-21(4)14-25)27(16-24)31-19-32-17-26-18-33-29(20(2)3)30-23(26)6/h14-16,20,25,29-30H,7-13,17-19H2,1-6H3. The molecule has 1 aromatic carbocycles. The fourth-order valence-corrected chi connectivity index (χ4v) is 7.26.